The van der Waals surface area contributed by atoms with Gasteiger partial charge in [-0.1, -0.05) is 31.5 Å². The highest BCUT2D eigenvalue weighted by Crippen LogP contribution is 2.44. The number of hydrogen-bond acceptors (Lipinski definition) is 1. The Hall–Kier alpha value is -1.29. The summed E-state index contributed by atoms with van der Waals surface area (Å²) in [5.74, 6) is 1.16. The zero-order chi connectivity index (χ0) is 15.6. The maximum atomic E-state index is 13.9. The Morgan fingerprint density at radius 2 is 2.10 bits per heavy atom. The van der Waals surface area contributed by atoms with Gasteiger partial charge in [-0.25, -0.2) is 4.39 Å². The summed E-state index contributed by atoms with van der Waals surface area (Å²) in [4.78, 5) is 4.23. The first kappa shape index (κ1) is 16.1. The van der Waals surface area contributed by atoms with Crippen LogP contribution in [0.15, 0.2) is 23.2 Å². The highest BCUT2D eigenvalue weighted by atomic mass is 35.5. The molecule has 116 valence electrons. The molecule has 1 fully saturated rings. The number of rotatable bonds is 4. The fourth-order valence-electron chi connectivity index (χ4n) is 2.27. The third kappa shape index (κ3) is 3.88. The standard InChI is InChI=1S/C16H23ClFN3/c1-9(2)10(3)20-16(19-4)21-14-8-11(14)15-12(17)6-5-7-13(15)18/h5-7,9-11,14H,8H2,1-4H3,(H2,19,20,21). The molecular weight excluding hydrogens is 289 g/mol. The van der Waals surface area contributed by atoms with E-state index in [0.717, 1.165) is 12.4 Å². The Kier molecular flexibility index (Phi) is 5.09. The molecule has 2 N–H and O–H groups in total. The van der Waals surface area contributed by atoms with Gasteiger partial charge < -0.3 is 10.6 Å². The fourth-order valence-corrected chi connectivity index (χ4v) is 2.57. The first-order valence-electron chi connectivity index (χ1n) is 7.37. The van der Waals surface area contributed by atoms with E-state index in [0.29, 0.717) is 22.5 Å². The molecule has 0 bridgehead atoms. The lowest BCUT2D eigenvalue weighted by atomic mass is 10.1. The topological polar surface area (TPSA) is 36.4 Å². The Morgan fingerprint density at radius 3 is 2.67 bits per heavy atom. The second-order valence-electron chi connectivity index (χ2n) is 5.98. The van der Waals surface area contributed by atoms with Gasteiger partial charge >= 0.3 is 0 Å². The lowest BCUT2D eigenvalue weighted by Crippen LogP contribution is -2.45. The van der Waals surface area contributed by atoms with Crippen LogP contribution in [-0.2, 0) is 0 Å². The summed E-state index contributed by atoms with van der Waals surface area (Å²) >= 11 is 6.11. The average molecular weight is 312 g/mol. The van der Waals surface area contributed by atoms with Crippen molar-refractivity contribution in [3.8, 4) is 0 Å². The molecule has 0 aromatic heterocycles. The quantitative estimate of drug-likeness (QED) is 0.659. The van der Waals surface area contributed by atoms with Crippen LogP contribution in [0.25, 0.3) is 0 Å². The van der Waals surface area contributed by atoms with E-state index in [1.165, 1.54) is 6.07 Å². The van der Waals surface area contributed by atoms with Crippen molar-refractivity contribution in [2.75, 3.05) is 7.05 Å². The van der Waals surface area contributed by atoms with Gasteiger partial charge in [0, 0.05) is 35.6 Å². The molecule has 0 heterocycles. The van der Waals surface area contributed by atoms with E-state index < -0.39 is 0 Å². The summed E-state index contributed by atoms with van der Waals surface area (Å²) in [6.45, 7) is 6.43. The Balaban J connectivity index is 1.97. The van der Waals surface area contributed by atoms with E-state index in [1.54, 1.807) is 19.2 Å². The highest BCUT2D eigenvalue weighted by molar-refractivity contribution is 6.31. The van der Waals surface area contributed by atoms with Gasteiger partial charge in [-0.15, -0.1) is 0 Å². The molecule has 1 aliphatic rings. The van der Waals surface area contributed by atoms with Crippen LogP contribution in [0.4, 0.5) is 4.39 Å². The van der Waals surface area contributed by atoms with Gasteiger partial charge in [-0.2, -0.15) is 0 Å². The predicted molar refractivity (Wildman–Crippen MR) is 86.5 cm³/mol. The maximum absolute atomic E-state index is 13.9. The molecule has 3 atom stereocenters. The van der Waals surface area contributed by atoms with Crippen LogP contribution < -0.4 is 10.6 Å². The van der Waals surface area contributed by atoms with E-state index in [9.17, 15) is 4.39 Å². The van der Waals surface area contributed by atoms with Crippen LogP contribution in [0.2, 0.25) is 5.02 Å². The van der Waals surface area contributed by atoms with Crippen LogP contribution >= 0.6 is 11.6 Å². The first-order chi connectivity index (χ1) is 9.93. The number of aliphatic imine (C=N–C) groups is 1. The molecule has 21 heavy (non-hydrogen) atoms. The average Bonchev–Trinajstić information content (AvgIpc) is 3.16. The van der Waals surface area contributed by atoms with Crippen molar-refractivity contribution in [2.45, 2.75) is 45.2 Å². The van der Waals surface area contributed by atoms with Gasteiger partial charge in [0.05, 0.1) is 0 Å². The normalized spacial score (nSPS) is 23.1. The van der Waals surface area contributed by atoms with E-state index in [4.69, 9.17) is 11.6 Å². The number of halogens is 2. The van der Waals surface area contributed by atoms with Crippen LogP contribution in [-0.4, -0.2) is 25.1 Å². The lowest BCUT2D eigenvalue weighted by molar-refractivity contribution is 0.480. The minimum absolute atomic E-state index is 0.117. The SMILES string of the molecule is CN=C(NC(C)C(C)C)NC1CC1c1c(F)cccc1Cl. The van der Waals surface area contributed by atoms with E-state index >= 15 is 0 Å². The molecule has 3 nitrogen and oxygen atoms in total. The summed E-state index contributed by atoms with van der Waals surface area (Å²) in [5, 5.41) is 7.20. The van der Waals surface area contributed by atoms with E-state index in [1.807, 2.05) is 0 Å². The summed E-state index contributed by atoms with van der Waals surface area (Å²) in [6, 6.07) is 5.35. The smallest absolute Gasteiger partial charge is 0.191 e. The molecule has 1 aromatic rings. The van der Waals surface area contributed by atoms with Crippen LogP contribution in [0.5, 0.6) is 0 Å². The summed E-state index contributed by atoms with van der Waals surface area (Å²) in [6.07, 6.45) is 0.872. The van der Waals surface area contributed by atoms with Crippen molar-refractivity contribution in [1.29, 1.82) is 0 Å². The molecule has 1 aromatic carbocycles. The largest absolute Gasteiger partial charge is 0.354 e. The van der Waals surface area contributed by atoms with Crippen molar-refractivity contribution in [1.82, 2.24) is 10.6 Å². The van der Waals surface area contributed by atoms with E-state index in [2.05, 4.69) is 36.4 Å². The Morgan fingerprint density at radius 1 is 1.38 bits per heavy atom. The third-order valence-electron chi connectivity index (χ3n) is 4.07. The summed E-state index contributed by atoms with van der Waals surface area (Å²) in [5.41, 5.74) is 0.615. The summed E-state index contributed by atoms with van der Waals surface area (Å²) in [7, 11) is 1.75. The molecule has 3 unspecified atom stereocenters. The molecule has 0 saturated heterocycles. The Labute approximate surface area is 131 Å². The zero-order valence-corrected chi connectivity index (χ0v) is 13.7. The molecule has 1 aliphatic carbocycles. The Bertz CT molecular complexity index is 510. The van der Waals surface area contributed by atoms with Crippen molar-refractivity contribution in [3.63, 3.8) is 0 Å². The second kappa shape index (κ2) is 6.65. The minimum Gasteiger partial charge on any atom is -0.354 e. The maximum Gasteiger partial charge on any atom is 0.191 e. The first-order valence-corrected chi connectivity index (χ1v) is 7.75. The highest BCUT2D eigenvalue weighted by Gasteiger charge is 2.42. The molecular formula is C16H23ClFN3. The van der Waals surface area contributed by atoms with Gasteiger partial charge in [0.15, 0.2) is 5.96 Å². The molecule has 1 saturated carbocycles. The van der Waals surface area contributed by atoms with E-state index in [-0.39, 0.29) is 17.8 Å². The molecule has 0 aliphatic heterocycles. The fraction of sp³-hybridized carbons (Fsp3) is 0.562. The number of nitrogens with zero attached hydrogens (tertiary/aromatic N) is 1. The lowest BCUT2D eigenvalue weighted by Gasteiger charge is -2.21. The molecule has 0 spiro atoms. The van der Waals surface area contributed by atoms with Crippen molar-refractivity contribution in [3.05, 3.63) is 34.6 Å². The molecule has 0 radical (unpaired) electrons. The number of guanidine groups is 1. The van der Waals surface area contributed by atoms with Gasteiger partial charge in [0.25, 0.3) is 0 Å². The third-order valence-corrected chi connectivity index (χ3v) is 4.40. The number of hydrogen-bond donors (Lipinski definition) is 2. The monoisotopic (exact) mass is 311 g/mol. The van der Waals surface area contributed by atoms with Gasteiger partial charge in [-0.3, -0.25) is 4.99 Å². The molecule has 0 amide bonds. The molecule has 5 heteroatoms. The van der Waals surface area contributed by atoms with Crippen LogP contribution in [0.3, 0.4) is 0 Å². The predicted octanol–water partition coefficient (Wildman–Crippen LogP) is 3.54. The minimum atomic E-state index is -0.227. The van der Waals surface area contributed by atoms with Gasteiger partial charge in [0.1, 0.15) is 5.82 Å². The number of benzene rings is 1. The zero-order valence-electron chi connectivity index (χ0n) is 13.0. The van der Waals surface area contributed by atoms with Crippen LogP contribution in [0.1, 0.15) is 38.7 Å². The van der Waals surface area contributed by atoms with Crippen molar-refractivity contribution in [2.24, 2.45) is 10.9 Å². The molecule has 2 rings (SSSR count). The number of nitrogens with one attached hydrogen (secondary N) is 2. The van der Waals surface area contributed by atoms with Crippen molar-refractivity contribution < 1.29 is 4.39 Å². The van der Waals surface area contributed by atoms with Crippen LogP contribution in [0, 0.1) is 11.7 Å². The second-order valence-corrected chi connectivity index (χ2v) is 6.38. The van der Waals surface area contributed by atoms with Crippen molar-refractivity contribution >= 4 is 17.6 Å². The van der Waals surface area contributed by atoms with Gasteiger partial charge in [-0.05, 0) is 31.4 Å². The summed E-state index contributed by atoms with van der Waals surface area (Å²) < 4.78 is 13.9. The van der Waals surface area contributed by atoms with Gasteiger partial charge in [0.2, 0.25) is 0 Å².